The zero-order valence-electron chi connectivity index (χ0n) is 10.2. The van der Waals surface area contributed by atoms with Crippen LogP contribution in [0, 0.1) is 6.92 Å². The molecule has 0 saturated carbocycles. The van der Waals surface area contributed by atoms with Crippen molar-refractivity contribution in [3.05, 3.63) is 46.3 Å². The van der Waals surface area contributed by atoms with Crippen LogP contribution in [0.2, 0.25) is 5.02 Å². The Morgan fingerprint density at radius 3 is 2.84 bits per heavy atom. The maximum Gasteiger partial charge on any atom is 0.178 e. The standard InChI is InChI=1S/C14H11ClN2OS/c1-8-7-9(15)4-5-10(8)13-12(14(16)17-18-13)11-3-2-6-19-11/h2-7H,1H3,(H2,16,17). The summed E-state index contributed by atoms with van der Waals surface area (Å²) in [5.41, 5.74) is 8.76. The van der Waals surface area contributed by atoms with Gasteiger partial charge in [0.05, 0.1) is 5.56 Å². The van der Waals surface area contributed by atoms with Gasteiger partial charge in [-0.1, -0.05) is 22.8 Å². The lowest BCUT2D eigenvalue weighted by Gasteiger charge is -2.04. The molecule has 2 heterocycles. The summed E-state index contributed by atoms with van der Waals surface area (Å²) in [5, 5.41) is 6.59. The van der Waals surface area contributed by atoms with E-state index in [9.17, 15) is 0 Å². The quantitative estimate of drug-likeness (QED) is 0.749. The van der Waals surface area contributed by atoms with Crippen molar-refractivity contribution in [3.8, 4) is 21.8 Å². The van der Waals surface area contributed by atoms with Gasteiger partial charge in [0.25, 0.3) is 0 Å². The first-order chi connectivity index (χ1) is 9.16. The molecule has 0 amide bonds. The third-order valence-corrected chi connectivity index (χ3v) is 4.04. The normalized spacial score (nSPS) is 10.8. The fraction of sp³-hybridized carbons (Fsp3) is 0.0714. The van der Waals surface area contributed by atoms with E-state index < -0.39 is 0 Å². The van der Waals surface area contributed by atoms with Gasteiger partial charge in [0.15, 0.2) is 11.6 Å². The highest BCUT2D eigenvalue weighted by molar-refractivity contribution is 7.13. The van der Waals surface area contributed by atoms with Gasteiger partial charge in [0.2, 0.25) is 0 Å². The molecule has 0 saturated heterocycles. The number of hydrogen-bond acceptors (Lipinski definition) is 4. The van der Waals surface area contributed by atoms with Crippen LogP contribution in [0.25, 0.3) is 21.8 Å². The van der Waals surface area contributed by atoms with E-state index in [1.54, 1.807) is 11.3 Å². The number of aromatic nitrogens is 1. The van der Waals surface area contributed by atoms with Gasteiger partial charge < -0.3 is 10.3 Å². The Kier molecular flexibility index (Phi) is 3.05. The van der Waals surface area contributed by atoms with Crippen molar-refractivity contribution in [2.45, 2.75) is 6.92 Å². The van der Waals surface area contributed by atoms with Gasteiger partial charge in [-0.15, -0.1) is 11.3 Å². The summed E-state index contributed by atoms with van der Waals surface area (Å²) in [6.07, 6.45) is 0. The molecule has 96 valence electrons. The van der Waals surface area contributed by atoms with Crippen LogP contribution < -0.4 is 5.73 Å². The molecule has 0 fully saturated rings. The van der Waals surface area contributed by atoms with E-state index in [2.05, 4.69) is 5.16 Å². The van der Waals surface area contributed by atoms with E-state index in [0.29, 0.717) is 16.6 Å². The first-order valence-electron chi connectivity index (χ1n) is 5.72. The van der Waals surface area contributed by atoms with E-state index in [-0.39, 0.29) is 0 Å². The number of nitrogen functional groups attached to an aromatic ring is 1. The highest BCUT2D eigenvalue weighted by Crippen LogP contribution is 2.40. The Balaban J connectivity index is 2.21. The predicted octanol–water partition coefficient (Wildman–Crippen LogP) is 4.61. The topological polar surface area (TPSA) is 52.0 Å². The van der Waals surface area contributed by atoms with Crippen LogP contribution in [0.15, 0.2) is 40.2 Å². The zero-order chi connectivity index (χ0) is 13.4. The molecule has 0 spiro atoms. The summed E-state index contributed by atoms with van der Waals surface area (Å²) in [7, 11) is 0. The molecule has 1 aromatic carbocycles. The Morgan fingerprint density at radius 1 is 1.32 bits per heavy atom. The molecule has 3 rings (SSSR count). The molecular formula is C14H11ClN2OS. The third kappa shape index (κ3) is 2.13. The molecule has 0 aliphatic carbocycles. The number of nitrogens with zero attached hydrogens (tertiary/aromatic N) is 1. The second kappa shape index (κ2) is 4.72. The Bertz CT molecular complexity index is 719. The number of hydrogen-bond donors (Lipinski definition) is 1. The molecule has 2 N–H and O–H groups in total. The van der Waals surface area contributed by atoms with Gasteiger partial charge in [-0.2, -0.15) is 0 Å². The largest absolute Gasteiger partial charge is 0.380 e. The van der Waals surface area contributed by atoms with E-state index in [4.69, 9.17) is 21.9 Å². The molecule has 3 nitrogen and oxygen atoms in total. The molecule has 5 heteroatoms. The minimum Gasteiger partial charge on any atom is -0.380 e. The number of benzene rings is 1. The monoisotopic (exact) mass is 290 g/mol. The fourth-order valence-corrected chi connectivity index (χ4v) is 3.03. The minimum atomic E-state index is 0.409. The van der Waals surface area contributed by atoms with Crippen molar-refractivity contribution in [2.75, 3.05) is 5.73 Å². The predicted molar refractivity (Wildman–Crippen MR) is 79.4 cm³/mol. The number of rotatable bonds is 2. The molecule has 19 heavy (non-hydrogen) atoms. The van der Waals surface area contributed by atoms with Gasteiger partial charge in [0, 0.05) is 15.5 Å². The van der Waals surface area contributed by atoms with Gasteiger partial charge in [-0.3, -0.25) is 0 Å². The average Bonchev–Trinajstić information content (AvgIpc) is 2.98. The molecule has 3 aromatic rings. The smallest absolute Gasteiger partial charge is 0.178 e. The summed E-state index contributed by atoms with van der Waals surface area (Å²) in [4.78, 5) is 1.04. The van der Waals surface area contributed by atoms with Crippen LogP contribution in [0.4, 0.5) is 5.82 Å². The molecular weight excluding hydrogens is 280 g/mol. The summed E-state index contributed by atoms with van der Waals surface area (Å²) in [6, 6.07) is 9.64. The second-order valence-corrected chi connectivity index (χ2v) is 5.59. The van der Waals surface area contributed by atoms with E-state index >= 15 is 0 Å². The van der Waals surface area contributed by atoms with Crippen molar-refractivity contribution in [1.82, 2.24) is 5.16 Å². The van der Waals surface area contributed by atoms with Crippen molar-refractivity contribution in [1.29, 1.82) is 0 Å². The van der Waals surface area contributed by atoms with Crippen molar-refractivity contribution in [2.24, 2.45) is 0 Å². The van der Waals surface area contributed by atoms with Crippen LogP contribution in [0.1, 0.15) is 5.56 Å². The SMILES string of the molecule is Cc1cc(Cl)ccc1-c1onc(N)c1-c1cccs1. The first kappa shape index (κ1) is 12.3. The molecule has 0 bridgehead atoms. The summed E-state index contributed by atoms with van der Waals surface area (Å²) < 4.78 is 5.41. The maximum absolute atomic E-state index is 5.98. The highest BCUT2D eigenvalue weighted by Gasteiger charge is 2.19. The van der Waals surface area contributed by atoms with Gasteiger partial charge in [-0.05, 0) is 42.1 Å². The fourth-order valence-electron chi connectivity index (χ4n) is 2.03. The third-order valence-electron chi connectivity index (χ3n) is 2.92. The minimum absolute atomic E-state index is 0.409. The highest BCUT2D eigenvalue weighted by atomic mass is 35.5. The number of nitrogens with two attached hydrogens (primary N) is 1. The van der Waals surface area contributed by atoms with Crippen molar-refractivity contribution in [3.63, 3.8) is 0 Å². The van der Waals surface area contributed by atoms with Gasteiger partial charge >= 0.3 is 0 Å². The van der Waals surface area contributed by atoms with Crippen LogP contribution in [-0.4, -0.2) is 5.16 Å². The molecule has 0 aliphatic heterocycles. The zero-order valence-corrected chi connectivity index (χ0v) is 11.8. The summed E-state index contributed by atoms with van der Waals surface area (Å²) in [6.45, 7) is 1.98. The lowest BCUT2D eigenvalue weighted by atomic mass is 10.0. The van der Waals surface area contributed by atoms with Gasteiger partial charge in [0.1, 0.15) is 0 Å². The average molecular weight is 291 g/mol. The van der Waals surface area contributed by atoms with Crippen LogP contribution >= 0.6 is 22.9 Å². The Hall–Kier alpha value is -1.78. The van der Waals surface area contributed by atoms with Crippen LogP contribution in [0.3, 0.4) is 0 Å². The molecule has 0 atom stereocenters. The van der Waals surface area contributed by atoms with Gasteiger partial charge in [-0.25, -0.2) is 0 Å². The number of thiophene rings is 1. The van der Waals surface area contributed by atoms with E-state index in [1.807, 2.05) is 42.6 Å². The number of aryl methyl sites for hydroxylation is 1. The molecule has 2 aromatic heterocycles. The number of anilines is 1. The molecule has 0 unspecified atom stereocenters. The summed E-state index contributed by atoms with van der Waals surface area (Å²) in [5.74, 6) is 1.10. The van der Waals surface area contributed by atoms with Crippen LogP contribution in [-0.2, 0) is 0 Å². The van der Waals surface area contributed by atoms with Crippen LogP contribution in [0.5, 0.6) is 0 Å². The van der Waals surface area contributed by atoms with Crippen molar-refractivity contribution < 1.29 is 4.52 Å². The summed E-state index contributed by atoms with van der Waals surface area (Å²) >= 11 is 7.59. The maximum atomic E-state index is 5.98. The number of halogens is 1. The Morgan fingerprint density at radius 2 is 2.16 bits per heavy atom. The van der Waals surface area contributed by atoms with E-state index in [1.165, 1.54) is 0 Å². The van der Waals surface area contributed by atoms with Crippen molar-refractivity contribution >= 4 is 28.8 Å². The Labute approximate surface area is 119 Å². The van der Waals surface area contributed by atoms with E-state index in [0.717, 1.165) is 21.6 Å². The lowest BCUT2D eigenvalue weighted by Crippen LogP contribution is -1.88. The first-order valence-corrected chi connectivity index (χ1v) is 6.98. The molecule has 0 aliphatic rings. The lowest BCUT2D eigenvalue weighted by molar-refractivity contribution is 0.436. The second-order valence-electron chi connectivity index (χ2n) is 4.21. The molecule has 0 radical (unpaired) electrons.